The molecule has 0 spiro atoms. The molecular weight excluding hydrogens is 377 g/mol. The molecule has 1 saturated heterocycles. The van der Waals surface area contributed by atoms with Gasteiger partial charge >= 0.3 is 6.36 Å². The third-order valence-electron chi connectivity index (χ3n) is 4.03. The second kappa shape index (κ2) is 10.2. The van der Waals surface area contributed by atoms with Crippen molar-refractivity contribution in [3.05, 3.63) is 29.8 Å². The molecule has 1 aliphatic rings. The van der Waals surface area contributed by atoms with Crippen LogP contribution in [-0.4, -0.2) is 63.0 Å². The number of benzene rings is 1. The molecule has 1 atom stereocenters. The molecule has 2 N–H and O–H groups in total. The van der Waals surface area contributed by atoms with E-state index in [0.717, 1.165) is 12.8 Å². The molecule has 1 unspecified atom stereocenters. The number of rotatable bonds is 7. The van der Waals surface area contributed by atoms with Crippen molar-refractivity contribution in [1.82, 2.24) is 15.5 Å². The minimum Gasteiger partial charge on any atom is -0.405 e. The highest BCUT2D eigenvalue weighted by Crippen LogP contribution is 2.26. The molecule has 2 rings (SSSR count). The van der Waals surface area contributed by atoms with E-state index >= 15 is 0 Å². The van der Waals surface area contributed by atoms with Crippen LogP contribution in [-0.2, 0) is 16.1 Å². The van der Waals surface area contributed by atoms with E-state index < -0.39 is 6.36 Å². The number of carbonyl (C=O) groups excluding carboxylic acids is 1. The van der Waals surface area contributed by atoms with E-state index in [1.54, 1.807) is 20.2 Å². The Hall–Kier alpha value is -2.49. The number of guanidine groups is 1. The third-order valence-corrected chi connectivity index (χ3v) is 4.03. The Morgan fingerprint density at radius 2 is 2.07 bits per heavy atom. The highest BCUT2D eigenvalue weighted by atomic mass is 19.4. The Balaban J connectivity index is 2.06. The zero-order valence-electron chi connectivity index (χ0n) is 15.9. The van der Waals surface area contributed by atoms with Gasteiger partial charge in [-0.05, 0) is 18.9 Å². The van der Waals surface area contributed by atoms with Gasteiger partial charge in [0.1, 0.15) is 5.75 Å². The predicted octanol–water partition coefficient (Wildman–Crippen LogP) is 1.89. The van der Waals surface area contributed by atoms with Crippen molar-refractivity contribution in [1.29, 1.82) is 0 Å². The Bertz CT molecular complexity index is 674. The molecule has 28 heavy (non-hydrogen) atoms. The molecule has 0 aliphatic carbocycles. The molecule has 156 valence electrons. The highest BCUT2D eigenvalue weighted by molar-refractivity contribution is 5.86. The molecule has 0 radical (unpaired) electrons. The van der Waals surface area contributed by atoms with Crippen LogP contribution in [0.5, 0.6) is 5.75 Å². The van der Waals surface area contributed by atoms with Crippen molar-refractivity contribution in [3.8, 4) is 5.75 Å². The van der Waals surface area contributed by atoms with E-state index in [-0.39, 0.29) is 36.4 Å². The summed E-state index contributed by atoms with van der Waals surface area (Å²) >= 11 is 0. The molecule has 7 nitrogen and oxygen atoms in total. The number of aliphatic imine (C=N–C) groups is 1. The fraction of sp³-hybridized carbons (Fsp3) is 0.556. The van der Waals surface area contributed by atoms with Gasteiger partial charge in [0, 0.05) is 32.8 Å². The lowest BCUT2D eigenvalue weighted by atomic mass is 10.2. The van der Waals surface area contributed by atoms with Crippen molar-refractivity contribution >= 4 is 11.9 Å². The number of amides is 1. The van der Waals surface area contributed by atoms with Gasteiger partial charge in [-0.2, -0.15) is 0 Å². The summed E-state index contributed by atoms with van der Waals surface area (Å²) in [6.45, 7) is 1.14. The van der Waals surface area contributed by atoms with Gasteiger partial charge in [0.2, 0.25) is 5.91 Å². The molecule has 1 aromatic rings. The summed E-state index contributed by atoms with van der Waals surface area (Å²) in [7, 11) is 3.26. The van der Waals surface area contributed by atoms with Crippen molar-refractivity contribution < 1.29 is 27.4 Å². The zero-order valence-corrected chi connectivity index (χ0v) is 15.9. The molecule has 1 aliphatic heterocycles. The number of nitrogens with zero attached hydrogens (tertiary/aromatic N) is 2. The summed E-state index contributed by atoms with van der Waals surface area (Å²) in [5, 5.41) is 5.97. The van der Waals surface area contributed by atoms with Crippen LogP contribution in [0.2, 0.25) is 0 Å². The first-order valence-corrected chi connectivity index (χ1v) is 8.92. The number of hydrogen-bond acceptors (Lipinski definition) is 4. The first-order chi connectivity index (χ1) is 13.2. The molecule has 0 bridgehead atoms. The van der Waals surface area contributed by atoms with Crippen LogP contribution in [0.4, 0.5) is 13.2 Å². The minimum absolute atomic E-state index is 0.00501. The molecule has 1 aromatic carbocycles. The average Bonchev–Trinajstić information content (AvgIpc) is 3.14. The summed E-state index contributed by atoms with van der Waals surface area (Å²) < 4.78 is 47.3. The van der Waals surface area contributed by atoms with E-state index in [2.05, 4.69) is 20.4 Å². The second-order valence-corrected chi connectivity index (χ2v) is 6.48. The van der Waals surface area contributed by atoms with Crippen LogP contribution in [0.1, 0.15) is 18.4 Å². The molecule has 10 heteroatoms. The molecule has 0 saturated carbocycles. The van der Waals surface area contributed by atoms with Crippen LogP contribution >= 0.6 is 0 Å². The van der Waals surface area contributed by atoms with Crippen LogP contribution < -0.4 is 15.4 Å². The maximum absolute atomic E-state index is 12.6. The van der Waals surface area contributed by atoms with E-state index in [1.807, 2.05) is 0 Å². The third kappa shape index (κ3) is 7.63. The minimum atomic E-state index is -4.78. The molecular formula is C18H25F3N4O3. The number of hydrogen-bond donors (Lipinski definition) is 2. The van der Waals surface area contributed by atoms with Crippen molar-refractivity contribution in [2.75, 3.05) is 33.8 Å². The Labute approximate surface area is 161 Å². The topological polar surface area (TPSA) is 75.2 Å². The molecule has 1 heterocycles. The quantitative estimate of drug-likeness (QED) is 0.538. The summed E-state index contributed by atoms with van der Waals surface area (Å²) in [6.07, 6.45) is -2.85. The standard InChI is InChI=1S/C18H25F3N4O3/c1-25(2)16(26)12-24-17(23-11-14-7-5-9-27-14)22-10-13-6-3-4-8-15(13)28-18(19,20)21/h3-4,6,8,14H,5,7,9-12H2,1-2H3,(H2,22,23,24). The lowest BCUT2D eigenvalue weighted by molar-refractivity contribution is -0.274. The van der Waals surface area contributed by atoms with E-state index in [4.69, 9.17) is 4.74 Å². The second-order valence-electron chi connectivity index (χ2n) is 6.48. The van der Waals surface area contributed by atoms with E-state index in [9.17, 15) is 18.0 Å². The number of alkyl halides is 3. The van der Waals surface area contributed by atoms with Crippen molar-refractivity contribution in [3.63, 3.8) is 0 Å². The fourth-order valence-corrected chi connectivity index (χ4v) is 2.53. The number of likely N-dealkylation sites (N-methyl/N-ethyl adjacent to an activating group) is 1. The first kappa shape index (κ1) is 21.8. The van der Waals surface area contributed by atoms with Crippen molar-refractivity contribution in [2.45, 2.75) is 31.9 Å². The van der Waals surface area contributed by atoms with Crippen LogP contribution in [0.3, 0.4) is 0 Å². The van der Waals surface area contributed by atoms with E-state index in [1.165, 1.54) is 23.1 Å². The lowest BCUT2D eigenvalue weighted by Crippen LogP contribution is -2.45. The first-order valence-electron chi connectivity index (χ1n) is 8.92. The van der Waals surface area contributed by atoms with E-state index in [0.29, 0.717) is 19.1 Å². The average molecular weight is 402 g/mol. The highest BCUT2D eigenvalue weighted by Gasteiger charge is 2.31. The number of ether oxygens (including phenoxy) is 2. The Morgan fingerprint density at radius 1 is 1.32 bits per heavy atom. The van der Waals surface area contributed by atoms with Gasteiger partial charge in [-0.15, -0.1) is 13.2 Å². The van der Waals surface area contributed by atoms with Gasteiger partial charge in [-0.25, -0.2) is 4.99 Å². The molecule has 1 fully saturated rings. The maximum Gasteiger partial charge on any atom is 0.573 e. The van der Waals surface area contributed by atoms with Gasteiger partial charge in [-0.1, -0.05) is 18.2 Å². The lowest BCUT2D eigenvalue weighted by Gasteiger charge is -2.17. The number of carbonyl (C=O) groups is 1. The molecule has 0 aromatic heterocycles. The summed E-state index contributed by atoms with van der Waals surface area (Å²) in [6, 6.07) is 5.81. The SMILES string of the molecule is CN(C)C(=O)CNC(=NCc1ccccc1OC(F)(F)F)NCC1CCCO1. The number of nitrogens with one attached hydrogen (secondary N) is 2. The summed E-state index contributed by atoms with van der Waals surface area (Å²) in [5.74, 6) is -0.151. The van der Waals surface area contributed by atoms with Gasteiger partial charge in [0.15, 0.2) is 5.96 Å². The molecule has 1 amide bonds. The normalized spacial score (nSPS) is 17.3. The monoisotopic (exact) mass is 402 g/mol. The summed E-state index contributed by atoms with van der Waals surface area (Å²) in [5.41, 5.74) is 0.275. The smallest absolute Gasteiger partial charge is 0.405 e. The fourth-order valence-electron chi connectivity index (χ4n) is 2.53. The van der Waals surface area contributed by atoms with Crippen LogP contribution in [0, 0.1) is 0 Å². The summed E-state index contributed by atoms with van der Waals surface area (Å²) in [4.78, 5) is 17.5. The largest absolute Gasteiger partial charge is 0.573 e. The predicted molar refractivity (Wildman–Crippen MR) is 97.9 cm³/mol. The van der Waals surface area contributed by atoms with Gasteiger partial charge in [-0.3, -0.25) is 4.79 Å². The Morgan fingerprint density at radius 3 is 2.71 bits per heavy atom. The van der Waals surface area contributed by atoms with Gasteiger partial charge in [0.25, 0.3) is 0 Å². The van der Waals surface area contributed by atoms with Gasteiger partial charge in [0.05, 0.1) is 19.2 Å². The van der Waals surface area contributed by atoms with Gasteiger partial charge < -0.3 is 25.0 Å². The maximum atomic E-state index is 12.6. The Kier molecular flexibility index (Phi) is 7.91. The van der Waals surface area contributed by atoms with Crippen molar-refractivity contribution in [2.24, 2.45) is 4.99 Å². The van der Waals surface area contributed by atoms with Crippen LogP contribution in [0.15, 0.2) is 29.3 Å². The number of halogens is 3. The zero-order chi connectivity index (χ0) is 20.6. The number of para-hydroxylation sites is 1. The van der Waals surface area contributed by atoms with Crippen LogP contribution in [0.25, 0.3) is 0 Å².